The summed E-state index contributed by atoms with van der Waals surface area (Å²) in [4.78, 5) is 8.69. The van der Waals surface area contributed by atoms with E-state index < -0.39 is 0 Å². The summed E-state index contributed by atoms with van der Waals surface area (Å²) >= 11 is 3.66. The summed E-state index contributed by atoms with van der Waals surface area (Å²) in [5.41, 5.74) is 1.95. The molecule has 0 aliphatic carbocycles. The molecule has 0 fully saturated rings. The van der Waals surface area contributed by atoms with E-state index in [1.165, 1.54) is 0 Å². The Labute approximate surface area is 106 Å². The van der Waals surface area contributed by atoms with Gasteiger partial charge in [0.05, 0.1) is 11.0 Å². The van der Waals surface area contributed by atoms with Crippen LogP contribution in [0.2, 0.25) is 0 Å². The second-order valence-corrected chi connectivity index (χ2v) is 3.22. The standard InChI is InChI=1S/C12H8N2.ClH.Cu/c1-3-9-5-6-10-4-2-8-14-12(10)11(9)13-7-1;;/h1-8H;1H;/q;;+1/p-1. The first-order chi connectivity index (χ1) is 7.95. The quantitative estimate of drug-likeness (QED) is 0.465. The zero-order valence-corrected chi connectivity index (χ0v) is 9.89. The van der Waals surface area contributed by atoms with Crippen LogP contribution in [0.5, 0.6) is 0 Å². The van der Waals surface area contributed by atoms with Crippen molar-refractivity contribution in [3.8, 4) is 0 Å². The molecule has 16 heavy (non-hydrogen) atoms. The van der Waals surface area contributed by atoms with Crippen molar-refractivity contribution in [2.45, 2.75) is 0 Å². The van der Waals surface area contributed by atoms with Crippen LogP contribution >= 0.6 is 10.1 Å². The normalized spacial score (nSPS) is 9.94. The maximum Gasteiger partial charge on any atom is 0.0964 e. The Balaban J connectivity index is 0.000000457. The molecule has 0 unspecified atom stereocenters. The first kappa shape index (κ1) is 11.3. The van der Waals surface area contributed by atoms with Crippen LogP contribution in [-0.2, 0) is 15.1 Å². The van der Waals surface area contributed by atoms with Gasteiger partial charge in [0.15, 0.2) is 0 Å². The first-order valence-electron chi connectivity index (χ1n) is 4.65. The van der Waals surface area contributed by atoms with Gasteiger partial charge >= 0.3 is 25.2 Å². The third kappa shape index (κ3) is 2.02. The van der Waals surface area contributed by atoms with Crippen LogP contribution in [0.3, 0.4) is 0 Å². The molecule has 0 saturated heterocycles. The Morgan fingerprint density at radius 3 is 1.62 bits per heavy atom. The van der Waals surface area contributed by atoms with E-state index in [1.807, 2.05) is 12.1 Å². The van der Waals surface area contributed by atoms with Crippen molar-refractivity contribution in [2.24, 2.45) is 0 Å². The zero-order valence-electron chi connectivity index (χ0n) is 8.19. The minimum atomic E-state index is 0.977. The van der Waals surface area contributed by atoms with Crippen molar-refractivity contribution in [1.29, 1.82) is 0 Å². The Morgan fingerprint density at radius 1 is 0.750 bits per heavy atom. The number of fused-ring (bicyclic) bond motifs is 3. The molecule has 0 aliphatic heterocycles. The molecule has 3 aromatic rings. The largest absolute Gasteiger partial charge is 0.254 e. The molecule has 3 rings (SSSR count). The third-order valence-corrected chi connectivity index (χ3v) is 2.34. The summed E-state index contributed by atoms with van der Waals surface area (Å²) in [5.74, 6) is 0. The monoisotopic (exact) mass is 278 g/mol. The first-order valence-corrected chi connectivity index (χ1v) is 5.94. The number of nitrogens with zero attached hydrogens (tertiary/aromatic N) is 2. The molecule has 0 spiro atoms. The second kappa shape index (κ2) is 5.26. The van der Waals surface area contributed by atoms with Gasteiger partial charge in [-0.2, -0.15) is 0 Å². The second-order valence-electron chi connectivity index (χ2n) is 3.22. The fourth-order valence-corrected chi connectivity index (χ4v) is 1.68. The minimum Gasteiger partial charge on any atom is -0.254 e. The van der Waals surface area contributed by atoms with Crippen molar-refractivity contribution in [2.75, 3.05) is 0 Å². The summed E-state index contributed by atoms with van der Waals surface area (Å²) in [6.07, 6.45) is 3.60. The van der Waals surface area contributed by atoms with Crippen molar-refractivity contribution in [3.05, 3.63) is 48.8 Å². The number of hydrogen-bond donors (Lipinski definition) is 0. The van der Waals surface area contributed by atoms with Gasteiger partial charge in [0.2, 0.25) is 0 Å². The summed E-state index contributed by atoms with van der Waals surface area (Å²) in [5, 5.41) is 2.28. The number of pyridine rings is 2. The Hall–Kier alpha value is -1.15. The van der Waals surface area contributed by atoms with Crippen molar-refractivity contribution in [3.63, 3.8) is 0 Å². The van der Waals surface area contributed by atoms with E-state index in [-0.39, 0.29) is 0 Å². The van der Waals surface area contributed by atoms with Gasteiger partial charge in [0.25, 0.3) is 0 Å². The number of hydrogen-bond acceptors (Lipinski definition) is 2. The topological polar surface area (TPSA) is 25.8 Å². The maximum atomic E-state index is 4.35. The van der Waals surface area contributed by atoms with Gasteiger partial charge in [0, 0.05) is 23.2 Å². The Morgan fingerprint density at radius 2 is 1.19 bits per heavy atom. The van der Waals surface area contributed by atoms with Crippen molar-refractivity contribution < 1.29 is 15.1 Å². The molecular formula is C12H8ClCuN2. The Kier molecular flexibility index (Phi) is 3.73. The molecule has 0 saturated carbocycles. The minimum absolute atomic E-state index is 0.977. The zero-order chi connectivity index (χ0) is 11.4. The van der Waals surface area contributed by atoms with Crippen LogP contribution in [0.15, 0.2) is 48.8 Å². The molecule has 0 aliphatic rings. The average molecular weight is 279 g/mol. The number of benzene rings is 1. The van der Waals surface area contributed by atoms with Crippen LogP contribution < -0.4 is 0 Å². The molecule has 2 aromatic heterocycles. The molecule has 0 radical (unpaired) electrons. The van der Waals surface area contributed by atoms with Gasteiger partial charge in [0.1, 0.15) is 0 Å². The molecule has 1 aromatic carbocycles. The van der Waals surface area contributed by atoms with Crippen LogP contribution in [0.1, 0.15) is 0 Å². The third-order valence-electron chi connectivity index (χ3n) is 2.34. The van der Waals surface area contributed by atoms with E-state index >= 15 is 0 Å². The van der Waals surface area contributed by atoms with E-state index in [4.69, 9.17) is 0 Å². The fourth-order valence-electron chi connectivity index (χ4n) is 1.68. The molecule has 84 valence electrons. The molecule has 4 heteroatoms. The van der Waals surface area contributed by atoms with E-state index in [0.717, 1.165) is 21.8 Å². The summed E-state index contributed by atoms with van der Waals surface area (Å²) in [7, 11) is 4.20. The van der Waals surface area contributed by atoms with E-state index in [0.29, 0.717) is 0 Å². The van der Waals surface area contributed by atoms with E-state index in [2.05, 4.69) is 59.4 Å². The molecule has 0 N–H and O–H groups in total. The van der Waals surface area contributed by atoms with Gasteiger partial charge in [-0.3, -0.25) is 9.97 Å². The van der Waals surface area contributed by atoms with E-state index in [1.54, 1.807) is 12.4 Å². The van der Waals surface area contributed by atoms with Crippen molar-refractivity contribution in [1.82, 2.24) is 9.97 Å². The van der Waals surface area contributed by atoms with Gasteiger partial charge in [-0.25, -0.2) is 0 Å². The SMILES string of the molecule is [Cl][Cu].c1cnc2c(c1)ccc1cccnc12. The number of rotatable bonds is 0. The predicted octanol–water partition coefficient (Wildman–Crippen LogP) is 3.47. The van der Waals surface area contributed by atoms with Crippen LogP contribution in [0.25, 0.3) is 21.8 Å². The maximum absolute atomic E-state index is 4.35. The van der Waals surface area contributed by atoms with E-state index in [9.17, 15) is 0 Å². The van der Waals surface area contributed by atoms with Gasteiger partial charge in [-0.05, 0) is 12.1 Å². The molecule has 0 atom stereocenters. The molecular weight excluding hydrogens is 271 g/mol. The predicted molar refractivity (Wildman–Crippen MR) is 62.9 cm³/mol. The van der Waals surface area contributed by atoms with Gasteiger partial charge in [-0.15, -0.1) is 0 Å². The number of aromatic nitrogens is 2. The van der Waals surface area contributed by atoms with Gasteiger partial charge < -0.3 is 0 Å². The fraction of sp³-hybridized carbons (Fsp3) is 0. The molecule has 2 nitrogen and oxygen atoms in total. The average Bonchev–Trinajstić information content (AvgIpc) is 2.41. The van der Waals surface area contributed by atoms with Crippen LogP contribution in [0, 0.1) is 0 Å². The van der Waals surface area contributed by atoms with Crippen LogP contribution in [0.4, 0.5) is 0 Å². The van der Waals surface area contributed by atoms with Crippen molar-refractivity contribution >= 4 is 31.9 Å². The molecule has 0 bridgehead atoms. The summed E-state index contributed by atoms with van der Waals surface area (Å²) in [6, 6.07) is 12.1. The summed E-state index contributed by atoms with van der Waals surface area (Å²) < 4.78 is 0. The van der Waals surface area contributed by atoms with Crippen LogP contribution in [-0.4, -0.2) is 9.97 Å². The Bertz CT molecular complexity index is 558. The van der Waals surface area contributed by atoms with Gasteiger partial charge in [-0.1, -0.05) is 24.3 Å². The smallest absolute Gasteiger partial charge is 0.0964 e. The summed E-state index contributed by atoms with van der Waals surface area (Å²) in [6.45, 7) is 0. The molecule has 0 amide bonds. The molecule has 2 heterocycles. The number of halogens is 1.